The predicted octanol–water partition coefficient (Wildman–Crippen LogP) is 0.531. The van der Waals surface area contributed by atoms with Crippen LogP contribution in [-0.4, -0.2) is 63.3 Å². The van der Waals surface area contributed by atoms with Gasteiger partial charge in [0.05, 0.1) is 6.54 Å². The van der Waals surface area contributed by atoms with Gasteiger partial charge in [0.1, 0.15) is 10.7 Å². The van der Waals surface area contributed by atoms with Crippen LogP contribution < -0.4 is 5.32 Å². The number of carbonyl (C=O) groups excluding carboxylic acids is 1. The molecule has 0 unspecified atom stereocenters. The number of halogens is 2. The van der Waals surface area contributed by atoms with Crippen molar-refractivity contribution in [3.8, 4) is 0 Å². The third-order valence-corrected chi connectivity index (χ3v) is 5.48. The molecule has 1 fully saturated rings. The Morgan fingerprint density at radius 3 is 2.64 bits per heavy atom. The summed E-state index contributed by atoms with van der Waals surface area (Å²) in [7, 11) is -2.83. The molecule has 1 aromatic rings. The average molecular weight is 350 g/mol. The molecular weight excluding hydrogens is 333 g/mol. The van der Waals surface area contributed by atoms with Gasteiger partial charge in [-0.25, -0.2) is 12.8 Å². The first-order valence-corrected chi connectivity index (χ1v) is 8.54. The second-order valence-corrected chi connectivity index (χ2v) is 7.42. The molecule has 1 heterocycles. The molecule has 122 valence electrons. The Morgan fingerprint density at radius 2 is 2.05 bits per heavy atom. The number of hydrogen-bond donors (Lipinski definition) is 1. The van der Waals surface area contributed by atoms with Gasteiger partial charge in [-0.2, -0.15) is 4.31 Å². The molecule has 1 amide bonds. The topological polar surface area (TPSA) is 69.7 Å². The maximum Gasteiger partial charge on any atom is 0.246 e. The van der Waals surface area contributed by atoms with E-state index in [1.807, 2.05) is 0 Å². The van der Waals surface area contributed by atoms with Crippen LogP contribution in [-0.2, 0) is 14.8 Å². The first-order chi connectivity index (χ1) is 10.3. The molecule has 2 rings (SSSR count). The zero-order valence-electron chi connectivity index (χ0n) is 12.1. The van der Waals surface area contributed by atoms with Gasteiger partial charge in [0.2, 0.25) is 15.9 Å². The van der Waals surface area contributed by atoms with Crippen LogP contribution in [0.2, 0.25) is 5.02 Å². The molecule has 0 radical (unpaired) electrons. The van der Waals surface area contributed by atoms with Crippen molar-refractivity contribution in [3.63, 3.8) is 0 Å². The van der Waals surface area contributed by atoms with Crippen LogP contribution in [0.4, 0.5) is 4.39 Å². The number of amides is 1. The Bertz CT molecular complexity index is 662. The predicted molar refractivity (Wildman–Crippen MR) is 80.7 cm³/mol. The fraction of sp³-hybridized carbons (Fsp3) is 0.462. The molecule has 0 bridgehead atoms. The number of rotatable bonds is 4. The Morgan fingerprint density at radius 1 is 1.41 bits per heavy atom. The number of benzene rings is 1. The van der Waals surface area contributed by atoms with Crippen molar-refractivity contribution in [2.45, 2.75) is 4.90 Å². The molecule has 1 saturated heterocycles. The monoisotopic (exact) mass is 349 g/mol. The van der Waals surface area contributed by atoms with Crippen molar-refractivity contribution in [1.82, 2.24) is 14.5 Å². The molecule has 1 N–H and O–H groups in total. The lowest BCUT2D eigenvalue weighted by atomic mass is 10.3. The molecule has 6 nitrogen and oxygen atoms in total. The summed E-state index contributed by atoms with van der Waals surface area (Å²) in [6.07, 6.45) is 0. The molecule has 22 heavy (non-hydrogen) atoms. The molecule has 0 spiro atoms. The van der Waals surface area contributed by atoms with E-state index in [4.69, 9.17) is 11.6 Å². The summed E-state index contributed by atoms with van der Waals surface area (Å²) in [6.45, 7) is 2.08. The van der Waals surface area contributed by atoms with Gasteiger partial charge in [-0.05, 0) is 18.2 Å². The minimum atomic E-state index is -4.08. The molecule has 1 aromatic carbocycles. The summed E-state index contributed by atoms with van der Waals surface area (Å²) in [5.41, 5.74) is 0. The van der Waals surface area contributed by atoms with Crippen LogP contribution >= 0.6 is 11.6 Å². The minimum Gasteiger partial charge on any atom is -0.339 e. The van der Waals surface area contributed by atoms with Crippen LogP contribution in [0.15, 0.2) is 23.1 Å². The highest BCUT2D eigenvalue weighted by Crippen LogP contribution is 2.21. The van der Waals surface area contributed by atoms with Crippen LogP contribution in [0.1, 0.15) is 0 Å². The van der Waals surface area contributed by atoms with E-state index in [1.165, 1.54) is 13.1 Å². The second-order valence-electron chi connectivity index (χ2n) is 4.97. The van der Waals surface area contributed by atoms with Crippen LogP contribution in [0, 0.1) is 5.82 Å². The number of likely N-dealkylation sites (N-methyl/N-ethyl adjacent to an activating group) is 1. The van der Waals surface area contributed by atoms with Crippen molar-refractivity contribution < 1.29 is 17.6 Å². The first kappa shape index (κ1) is 17.1. The molecule has 0 aromatic heterocycles. The van der Waals surface area contributed by atoms with Gasteiger partial charge in [-0.1, -0.05) is 11.6 Å². The van der Waals surface area contributed by atoms with Crippen LogP contribution in [0.3, 0.4) is 0 Å². The smallest absolute Gasteiger partial charge is 0.246 e. The highest BCUT2D eigenvalue weighted by atomic mass is 35.5. The Kier molecular flexibility index (Phi) is 5.38. The van der Waals surface area contributed by atoms with Crippen LogP contribution in [0.25, 0.3) is 0 Å². The molecule has 1 aliphatic heterocycles. The summed E-state index contributed by atoms with van der Waals surface area (Å²) in [5.74, 6) is -1.24. The lowest BCUT2D eigenvalue weighted by molar-refractivity contribution is -0.131. The summed E-state index contributed by atoms with van der Waals surface area (Å²) in [4.78, 5) is 13.2. The number of hydrogen-bond acceptors (Lipinski definition) is 4. The van der Waals surface area contributed by atoms with E-state index < -0.39 is 20.7 Å². The Labute approximate surface area is 133 Å². The molecular formula is C13H17ClFN3O3S. The fourth-order valence-corrected chi connectivity index (χ4v) is 3.46. The van der Waals surface area contributed by atoms with Gasteiger partial charge >= 0.3 is 0 Å². The zero-order valence-corrected chi connectivity index (χ0v) is 13.6. The third kappa shape index (κ3) is 3.75. The lowest BCUT2D eigenvalue weighted by Gasteiger charge is -2.29. The van der Waals surface area contributed by atoms with E-state index in [0.717, 1.165) is 16.4 Å². The highest BCUT2D eigenvalue weighted by Gasteiger charge is 2.28. The Hall–Kier alpha value is -1.22. The molecule has 9 heteroatoms. The summed E-state index contributed by atoms with van der Waals surface area (Å²) >= 11 is 5.62. The summed E-state index contributed by atoms with van der Waals surface area (Å²) < 4.78 is 39.3. The molecule has 1 aliphatic rings. The van der Waals surface area contributed by atoms with Crippen molar-refractivity contribution in [3.05, 3.63) is 29.0 Å². The largest absolute Gasteiger partial charge is 0.339 e. The number of sulfonamides is 1. The quantitative estimate of drug-likeness (QED) is 0.861. The van der Waals surface area contributed by atoms with Gasteiger partial charge in [0, 0.05) is 38.2 Å². The summed E-state index contributed by atoms with van der Waals surface area (Å²) in [6, 6.07) is 3.32. The first-order valence-electron chi connectivity index (χ1n) is 6.72. The Balaban J connectivity index is 2.13. The van der Waals surface area contributed by atoms with E-state index in [9.17, 15) is 17.6 Å². The maximum atomic E-state index is 13.8. The average Bonchev–Trinajstić information content (AvgIpc) is 2.47. The standard InChI is InChI=1S/C13H17ClFN3O3S/c1-17(9-13(19)18-6-4-16-5-7-18)22(20,21)12-3-2-10(14)8-11(12)15/h2-3,8,16H,4-7,9H2,1H3. The number of carbonyl (C=O) groups is 1. The van der Waals surface area contributed by atoms with Crippen molar-refractivity contribution in [2.75, 3.05) is 39.8 Å². The minimum absolute atomic E-state index is 0.107. The van der Waals surface area contributed by atoms with Gasteiger partial charge in [-0.15, -0.1) is 0 Å². The fourth-order valence-electron chi connectivity index (χ4n) is 2.14. The second kappa shape index (κ2) is 6.91. The lowest BCUT2D eigenvalue weighted by Crippen LogP contribution is -2.49. The molecule has 0 atom stereocenters. The number of nitrogens with one attached hydrogen (secondary N) is 1. The van der Waals surface area contributed by atoms with E-state index in [1.54, 1.807) is 4.90 Å². The van der Waals surface area contributed by atoms with Gasteiger partial charge < -0.3 is 10.2 Å². The number of nitrogens with zero attached hydrogens (tertiary/aromatic N) is 2. The van der Waals surface area contributed by atoms with Crippen molar-refractivity contribution >= 4 is 27.5 Å². The van der Waals surface area contributed by atoms with Gasteiger partial charge in [0.15, 0.2) is 0 Å². The van der Waals surface area contributed by atoms with Crippen molar-refractivity contribution in [2.24, 2.45) is 0 Å². The maximum absolute atomic E-state index is 13.8. The third-order valence-electron chi connectivity index (χ3n) is 3.41. The SMILES string of the molecule is CN(CC(=O)N1CCNCC1)S(=O)(=O)c1ccc(Cl)cc1F. The highest BCUT2D eigenvalue weighted by molar-refractivity contribution is 7.89. The molecule has 0 saturated carbocycles. The van der Waals surface area contributed by atoms with Gasteiger partial charge in [0.25, 0.3) is 0 Å². The van der Waals surface area contributed by atoms with Crippen LogP contribution in [0.5, 0.6) is 0 Å². The van der Waals surface area contributed by atoms with E-state index in [0.29, 0.717) is 26.2 Å². The normalized spacial score (nSPS) is 16.1. The van der Waals surface area contributed by atoms with E-state index in [-0.39, 0.29) is 17.5 Å². The number of piperazine rings is 1. The molecule has 0 aliphatic carbocycles. The van der Waals surface area contributed by atoms with E-state index in [2.05, 4.69) is 5.32 Å². The summed E-state index contributed by atoms with van der Waals surface area (Å²) in [5, 5.41) is 3.21. The zero-order chi connectivity index (χ0) is 16.3. The van der Waals surface area contributed by atoms with E-state index >= 15 is 0 Å². The van der Waals surface area contributed by atoms with Gasteiger partial charge in [-0.3, -0.25) is 4.79 Å². The van der Waals surface area contributed by atoms with Crippen molar-refractivity contribution in [1.29, 1.82) is 0 Å².